The average molecular weight is 390 g/mol. The number of benzene rings is 1. The molecule has 1 saturated heterocycles. The van der Waals surface area contributed by atoms with Crippen molar-refractivity contribution >= 4 is 11.6 Å². The molecule has 0 atom stereocenters. The number of rotatable bonds is 6. The summed E-state index contributed by atoms with van der Waals surface area (Å²) >= 11 is 0. The van der Waals surface area contributed by atoms with Crippen LogP contribution in [0.1, 0.15) is 43.5 Å². The number of nitrogens with zero attached hydrogens (tertiary/aromatic N) is 5. The van der Waals surface area contributed by atoms with Crippen LogP contribution in [0.4, 0.5) is 5.69 Å². The van der Waals surface area contributed by atoms with Gasteiger partial charge in [-0.2, -0.15) is 0 Å². The Hall–Kier alpha value is -3.06. The second kappa shape index (κ2) is 8.96. The predicted molar refractivity (Wildman–Crippen MR) is 112 cm³/mol. The van der Waals surface area contributed by atoms with E-state index >= 15 is 0 Å². The van der Waals surface area contributed by atoms with Gasteiger partial charge in [0.05, 0.1) is 17.6 Å². The van der Waals surface area contributed by atoms with Crippen LogP contribution in [-0.2, 0) is 11.3 Å². The predicted octanol–water partition coefficient (Wildman–Crippen LogP) is 3.39. The van der Waals surface area contributed by atoms with E-state index in [4.69, 9.17) is 0 Å². The van der Waals surface area contributed by atoms with Gasteiger partial charge < -0.3 is 5.32 Å². The van der Waals surface area contributed by atoms with E-state index in [0.717, 1.165) is 55.2 Å². The third kappa shape index (κ3) is 4.86. The maximum absolute atomic E-state index is 11.6. The molecule has 1 N–H and O–H groups in total. The lowest BCUT2D eigenvalue weighted by Gasteiger charge is -2.31. The van der Waals surface area contributed by atoms with E-state index in [1.807, 2.05) is 60.3 Å². The van der Waals surface area contributed by atoms with Crippen molar-refractivity contribution < 1.29 is 4.79 Å². The highest BCUT2D eigenvalue weighted by molar-refractivity contribution is 5.90. The van der Waals surface area contributed by atoms with Crippen LogP contribution >= 0.6 is 0 Å². The minimum absolute atomic E-state index is 0.0283. The van der Waals surface area contributed by atoms with E-state index in [9.17, 15) is 4.79 Å². The van der Waals surface area contributed by atoms with Gasteiger partial charge in [0.15, 0.2) is 0 Å². The molecule has 0 bridgehead atoms. The third-order valence-electron chi connectivity index (χ3n) is 5.34. The van der Waals surface area contributed by atoms with E-state index in [-0.39, 0.29) is 5.91 Å². The van der Waals surface area contributed by atoms with Crippen LogP contribution in [0.3, 0.4) is 0 Å². The van der Waals surface area contributed by atoms with Crippen LogP contribution in [0.25, 0.3) is 5.69 Å². The molecule has 0 saturated carbocycles. The van der Waals surface area contributed by atoms with E-state index in [1.165, 1.54) is 0 Å². The van der Waals surface area contributed by atoms with Gasteiger partial charge >= 0.3 is 0 Å². The molecule has 150 valence electrons. The SMILES string of the molecule is CCC(=O)Nc1ccnc(C2CCN(Cc3cn(-c4ccccc4)nn3)CC2)c1. The Morgan fingerprint density at radius 2 is 1.97 bits per heavy atom. The molecule has 0 spiro atoms. The van der Waals surface area contributed by atoms with Gasteiger partial charge in [0.25, 0.3) is 0 Å². The summed E-state index contributed by atoms with van der Waals surface area (Å²) < 4.78 is 1.82. The summed E-state index contributed by atoms with van der Waals surface area (Å²) in [5, 5.41) is 11.5. The van der Waals surface area contributed by atoms with Crippen LogP contribution in [-0.4, -0.2) is 43.9 Å². The van der Waals surface area contributed by atoms with Crippen LogP contribution in [0.15, 0.2) is 54.9 Å². The molecular weight excluding hydrogens is 364 g/mol. The Balaban J connectivity index is 1.33. The normalized spacial score (nSPS) is 15.3. The van der Waals surface area contributed by atoms with Crippen molar-refractivity contribution in [1.82, 2.24) is 24.9 Å². The van der Waals surface area contributed by atoms with Crippen LogP contribution < -0.4 is 5.32 Å². The fourth-order valence-electron chi connectivity index (χ4n) is 3.69. The van der Waals surface area contributed by atoms with E-state index in [2.05, 4.69) is 25.5 Å². The van der Waals surface area contributed by atoms with Crippen LogP contribution in [0.2, 0.25) is 0 Å². The van der Waals surface area contributed by atoms with Crippen LogP contribution in [0.5, 0.6) is 0 Å². The van der Waals surface area contributed by atoms with Gasteiger partial charge in [-0.15, -0.1) is 5.10 Å². The van der Waals surface area contributed by atoms with Gasteiger partial charge in [-0.3, -0.25) is 14.7 Å². The summed E-state index contributed by atoms with van der Waals surface area (Å²) in [4.78, 5) is 18.6. The Labute approximate surface area is 170 Å². The molecule has 1 amide bonds. The maximum atomic E-state index is 11.6. The highest BCUT2D eigenvalue weighted by Gasteiger charge is 2.22. The minimum Gasteiger partial charge on any atom is -0.326 e. The van der Waals surface area contributed by atoms with Crippen molar-refractivity contribution in [3.63, 3.8) is 0 Å². The maximum Gasteiger partial charge on any atom is 0.224 e. The first-order valence-electron chi connectivity index (χ1n) is 10.2. The highest BCUT2D eigenvalue weighted by Crippen LogP contribution is 2.28. The summed E-state index contributed by atoms with van der Waals surface area (Å²) in [5.74, 6) is 0.449. The highest BCUT2D eigenvalue weighted by atomic mass is 16.1. The number of piperidine rings is 1. The number of nitrogens with one attached hydrogen (secondary N) is 1. The number of aromatic nitrogens is 4. The van der Waals surface area contributed by atoms with E-state index in [1.54, 1.807) is 6.20 Å². The zero-order valence-corrected chi connectivity index (χ0v) is 16.7. The molecule has 1 aliphatic heterocycles. The van der Waals surface area contributed by atoms with Gasteiger partial charge in [0.1, 0.15) is 0 Å². The lowest BCUT2D eigenvalue weighted by atomic mass is 9.92. The Morgan fingerprint density at radius 1 is 1.17 bits per heavy atom. The fourth-order valence-corrected chi connectivity index (χ4v) is 3.69. The molecule has 29 heavy (non-hydrogen) atoms. The van der Waals surface area contributed by atoms with Crippen molar-refractivity contribution in [3.05, 3.63) is 66.2 Å². The molecule has 2 aromatic heterocycles. The molecule has 7 nitrogen and oxygen atoms in total. The third-order valence-corrected chi connectivity index (χ3v) is 5.34. The molecule has 1 aliphatic rings. The summed E-state index contributed by atoms with van der Waals surface area (Å²) in [6.45, 7) is 4.65. The second-order valence-electron chi connectivity index (χ2n) is 7.41. The topological polar surface area (TPSA) is 75.9 Å². The Bertz CT molecular complexity index is 947. The zero-order valence-electron chi connectivity index (χ0n) is 16.7. The van der Waals surface area contributed by atoms with E-state index in [0.29, 0.717) is 12.3 Å². The lowest BCUT2D eigenvalue weighted by Crippen LogP contribution is -2.32. The Morgan fingerprint density at radius 3 is 2.72 bits per heavy atom. The van der Waals surface area contributed by atoms with Crippen molar-refractivity contribution in [2.75, 3.05) is 18.4 Å². The molecule has 0 aliphatic carbocycles. The number of pyridine rings is 1. The number of amides is 1. The van der Waals surface area contributed by atoms with Crippen molar-refractivity contribution in [2.45, 2.75) is 38.6 Å². The van der Waals surface area contributed by atoms with E-state index < -0.39 is 0 Å². The van der Waals surface area contributed by atoms with Crippen molar-refractivity contribution in [2.24, 2.45) is 0 Å². The fraction of sp³-hybridized carbons (Fsp3) is 0.364. The van der Waals surface area contributed by atoms with Crippen molar-refractivity contribution in [3.8, 4) is 5.69 Å². The molecule has 3 aromatic rings. The van der Waals surface area contributed by atoms with Gasteiger partial charge in [-0.05, 0) is 50.2 Å². The number of carbonyl (C=O) groups excluding carboxylic acids is 1. The Kier molecular flexibility index (Phi) is 5.95. The van der Waals surface area contributed by atoms with Crippen LogP contribution in [0, 0.1) is 0 Å². The summed E-state index contributed by atoms with van der Waals surface area (Å²) in [7, 11) is 0. The average Bonchev–Trinajstić information content (AvgIpc) is 3.23. The summed E-state index contributed by atoms with van der Waals surface area (Å²) in [6.07, 6.45) is 6.36. The molecule has 0 unspecified atom stereocenters. The first-order chi connectivity index (χ1) is 14.2. The number of para-hydroxylation sites is 1. The lowest BCUT2D eigenvalue weighted by molar-refractivity contribution is -0.115. The number of likely N-dealkylation sites (tertiary alicyclic amines) is 1. The zero-order chi connectivity index (χ0) is 20.1. The second-order valence-corrected chi connectivity index (χ2v) is 7.41. The van der Waals surface area contributed by atoms with Gasteiger partial charge in [0, 0.05) is 36.5 Å². The molecule has 4 rings (SSSR count). The number of anilines is 1. The minimum atomic E-state index is 0.0283. The molecular formula is C22H26N6O. The molecule has 0 radical (unpaired) electrons. The number of carbonyl (C=O) groups is 1. The van der Waals surface area contributed by atoms with Gasteiger partial charge in [0.2, 0.25) is 5.91 Å². The standard InChI is InChI=1S/C22H26N6O/c1-2-22(29)24-18-8-11-23-21(14-18)17-9-12-27(13-10-17)15-19-16-28(26-25-19)20-6-4-3-5-7-20/h3-8,11,14,16-17H,2,9-10,12-13,15H2,1H3,(H,23,24,29). The number of hydrogen-bond acceptors (Lipinski definition) is 5. The number of hydrogen-bond donors (Lipinski definition) is 1. The summed E-state index contributed by atoms with van der Waals surface area (Å²) in [5.41, 5.74) is 3.90. The quantitative estimate of drug-likeness (QED) is 0.698. The molecule has 3 heterocycles. The molecule has 1 aromatic carbocycles. The first kappa shape index (κ1) is 19.3. The first-order valence-corrected chi connectivity index (χ1v) is 10.2. The van der Waals surface area contributed by atoms with Gasteiger partial charge in [-0.1, -0.05) is 30.3 Å². The molecule has 7 heteroatoms. The largest absolute Gasteiger partial charge is 0.326 e. The molecule has 1 fully saturated rings. The van der Waals surface area contributed by atoms with Gasteiger partial charge in [-0.25, -0.2) is 4.68 Å². The summed E-state index contributed by atoms with van der Waals surface area (Å²) in [6, 6.07) is 13.9. The smallest absolute Gasteiger partial charge is 0.224 e. The van der Waals surface area contributed by atoms with Crippen molar-refractivity contribution in [1.29, 1.82) is 0 Å². The monoisotopic (exact) mass is 390 g/mol.